The molecular formula is C23H18BrN3O6. The van der Waals surface area contributed by atoms with Crippen molar-refractivity contribution in [1.82, 2.24) is 9.88 Å². The Balaban J connectivity index is 1.65. The van der Waals surface area contributed by atoms with Gasteiger partial charge in [0.1, 0.15) is 5.58 Å². The highest BCUT2D eigenvalue weighted by molar-refractivity contribution is 9.06. The third-order valence-electron chi connectivity index (χ3n) is 5.96. The number of anilines is 1. The van der Waals surface area contributed by atoms with Gasteiger partial charge in [-0.1, -0.05) is 6.08 Å². The summed E-state index contributed by atoms with van der Waals surface area (Å²) >= 11 is 2.76. The van der Waals surface area contributed by atoms with E-state index in [1.807, 2.05) is 0 Å². The Hall–Kier alpha value is -3.79. The van der Waals surface area contributed by atoms with E-state index in [1.165, 1.54) is 0 Å². The van der Waals surface area contributed by atoms with Gasteiger partial charge in [0.15, 0.2) is 27.8 Å². The van der Waals surface area contributed by atoms with Gasteiger partial charge in [0.05, 0.1) is 17.0 Å². The smallest absolute Gasteiger partial charge is 0.352 e. The summed E-state index contributed by atoms with van der Waals surface area (Å²) in [7, 11) is 0. The molecule has 33 heavy (non-hydrogen) atoms. The van der Waals surface area contributed by atoms with Gasteiger partial charge in [-0.15, -0.1) is 0 Å². The number of aromatic nitrogens is 1. The number of aromatic amines is 1. The lowest BCUT2D eigenvalue weighted by molar-refractivity contribution is -0.122. The molecule has 5 rings (SSSR count). The van der Waals surface area contributed by atoms with Crippen LogP contribution in [0.2, 0.25) is 0 Å². The third-order valence-corrected chi connectivity index (χ3v) is 6.26. The number of furan rings is 1. The number of ether oxygens (including phenoxy) is 1. The predicted octanol–water partition coefficient (Wildman–Crippen LogP) is 2.03. The molecule has 2 aliphatic rings. The number of carbonyl (C=O) groups excluding carboxylic acids is 3. The Morgan fingerprint density at radius 1 is 1.33 bits per heavy atom. The molecule has 1 atom stereocenters. The second kappa shape index (κ2) is 7.96. The van der Waals surface area contributed by atoms with Crippen LogP contribution in [-0.2, 0) is 13.4 Å². The van der Waals surface area contributed by atoms with Crippen molar-refractivity contribution in [2.24, 2.45) is 0 Å². The zero-order valence-corrected chi connectivity index (χ0v) is 19.0. The fourth-order valence-corrected chi connectivity index (χ4v) is 4.74. The van der Waals surface area contributed by atoms with E-state index in [1.54, 1.807) is 48.2 Å². The molecule has 0 bridgehead atoms. The quantitative estimate of drug-likeness (QED) is 0.405. The molecule has 1 aromatic carbocycles. The molecule has 1 aliphatic heterocycles. The zero-order chi connectivity index (χ0) is 23.3. The topological polar surface area (TPSA) is 128 Å². The number of nitrogen functional groups attached to an aromatic ring is 1. The molecule has 0 radical (unpaired) electrons. The minimum Gasteiger partial charge on any atom is -0.451 e. The minimum atomic E-state index is -0.594. The summed E-state index contributed by atoms with van der Waals surface area (Å²) in [6, 6.07) is 6.37. The lowest BCUT2D eigenvalue weighted by Gasteiger charge is -2.21. The SMILES string of the molecule is Cc1[nH]c2c(c1C(=O)OBr)=C1CCN(C(=O)c3cc4cc(N)ccc4o3)C1C=CC=2OC=O. The summed E-state index contributed by atoms with van der Waals surface area (Å²) in [5, 5.41) is 1.78. The van der Waals surface area contributed by atoms with Crippen LogP contribution in [0.4, 0.5) is 5.69 Å². The van der Waals surface area contributed by atoms with Crippen LogP contribution in [0.15, 0.2) is 40.8 Å². The molecular weight excluding hydrogens is 494 g/mol. The Morgan fingerprint density at radius 3 is 2.91 bits per heavy atom. The lowest BCUT2D eigenvalue weighted by Crippen LogP contribution is -2.37. The summed E-state index contributed by atoms with van der Waals surface area (Å²) in [6.07, 6.45) is 3.90. The van der Waals surface area contributed by atoms with E-state index >= 15 is 0 Å². The maximum Gasteiger partial charge on any atom is 0.352 e. The highest BCUT2D eigenvalue weighted by atomic mass is 79.9. The van der Waals surface area contributed by atoms with Crippen molar-refractivity contribution >= 4 is 62.6 Å². The van der Waals surface area contributed by atoms with Crippen LogP contribution in [0.25, 0.3) is 22.3 Å². The van der Waals surface area contributed by atoms with Crippen LogP contribution in [-0.4, -0.2) is 40.8 Å². The van der Waals surface area contributed by atoms with E-state index < -0.39 is 12.0 Å². The number of halogens is 1. The molecule has 10 heteroatoms. The van der Waals surface area contributed by atoms with E-state index in [9.17, 15) is 14.4 Å². The predicted molar refractivity (Wildman–Crippen MR) is 122 cm³/mol. The highest BCUT2D eigenvalue weighted by Gasteiger charge is 2.36. The Morgan fingerprint density at radius 2 is 2.15 bits per heavy atom. The van der Waals surface area contributed by atoms with Crippen molar-refractivity contribution in [2.45, 2.75) is 19.4 Å². The molecule has 3 aromatic rings. The van der Waals surface area contributed by atoms with Gasteiger partial charge in [0, 0.05) is 28.5 Å². The molecule has 0 spiro atoms. The molecule has 1 unspecified atom stereocenters. The van der Waals surface area contributed by atoms with Gasteiger partial charge in [-0.05, 0) is 49.3 Å². The number of rotatable bonds is 4. The van der Waals surface area contributed by atoms with Crippen LogP contribution in [0.3, 0.4) is 0 Å². The van der Waals surface area contributed by atoms with Crippen LogP contribution in [0.1, 0.15) is 33.0 Å². The number of hydrogen-bond acceptors (Lipinski definition) is 7. The fraction of sp³-hybridized carbons (Fsp3) is 0.174. The van der Waals surface area contributed by atoms with Crippen molar-refractivity contribution in [3.05, 3.63) is 64.0 Å². The van der Waals surface area contributed by atoms with E-state index in [2.05, 4.69) is 21.2 Å². The summed E-state index contributed by atoms with van der Waals surface area (Å²) < 4.78 is 15.8. The molecule has 1 fully saturated rings. The summed E-state index contributed by atoms with van der Waals surface area (Å²) in [5.41, 5.74) is 8.67. The van der Waals surface area contributed by atoms with E-state index in [0.29, 0.717) is 52.5 Å². The molecule has 9 nitrogen and oxygen atoms in total. The van der Waals surface area contributed by atoms with Gasteiger partial charge in [0.2, 0.25) is 0 Å². The number of hydrogen-bond donors (Lipinski definition) is 2. The molecule has 0 saturated carbocycles. The summed E-state index contributed by atoms with van der Waals surface area (Å²) in [5.74, 6) is -0.463. The number of fused-ring (bicyclic) bond motifs is 3. The molecule has 1 aliphatic carbocycles. The van der Waals surface area contributed by atoms with Crippen molar-refractivity contribution in [1.29, 1.82) is 0 Å². The first-order valence-electron chi connectivity index (χ1n) is 10.1. The first-order valence-corrected chi connectivity index (χ1v) is 10.7. The number of nitrogens with two attached hydrogens (primary N) is 1. The Bertz CT molecular complexity index is 1480. The van der Waals surface area contributed by atoms with E-state index in [-0.39, 0.29) is 17.4 Å². The standard InChI is InChI=1S/C23H18BrN3O6/c1-11-19(23(30)33-24)20-14-6-7-27(15(14)3-5-17(31-10-28)21(20)26-11)22(29)18-9-12-8-13(25)2-4-16(12)32-18/h2-5,8-10,15,26H,6-7,25H2,1H3. The van der Waals surface area contributed by atoms with Crippen molar-refractivity contribution in [3.8, 4) is 0 Å². The number of nitrogens with one attached hydrogen (secondary N) is 1. The first-order chi connectivity index (χ1) is 15.9. The number of nitrogens with zero attached hydrogens (tertiary/aromatic N) is 1. The molecule has 1 saturated heterocycles. The van der Waals surface area contributed by atoms with Gasteiger partial charge in [-0.2, -0.15) is 0 Å². The molecule has 2 aromatic heterocycles. The van der Waals surface area contributed by atoms with Crippen LogP contribution >= 0.6 is 16.3 Å². The number of H-pyrrole nitrogens is 1. The van der Waals surface area contributed by atoms with Gasteiger partial charge in [-0.3, -0.25) is 9.59 Å². The monoisotopic (exact) mass is 511 g/mol. The molecule has 168 valence electrons. The fourth-order valence-electron chi connectivity index (χ4n) is 4.58. The second-order valence-corrected chi connectivity index (χ2v) is 8.13. The Labute approximate surface area is 195 Å². The van der Waals surface area contributed by atoms with Crippen molar-refractivity contribution in [2.75, 3.05) is 12.3 Å². The zero-order valence-electron chi connectivity index (χ0n) is 17.4. The van der Waals surface area contributed by atoms with Gasteiger partial charge in [0.25, 0.3) is 12.4 Å². The van der Waals surface area contributed by atoms with Gasteiger partial charge < -0.3 is 28.6 Å². The summed E-state index contributed by atoms with van der Waals surface area (Å²) in [4.78, 5) is 41.9. The maximum absolute atomic E-state index is 13.4. The van der Waals surface area contributed by atoms with E-state index in [4.69, 9.17) is 18.7 Å². The van der Waals surface area contributed by atoms with Crippen molar-refractivity contribution < 1.29 is 27.4 Å². The van der Waals surface area contributed by atoms with Crippen LogP contribution < -0.4 is 16.3 Å². The largest absolute Gasteiger partial charge is 0.451 e. The normalized spacial score (nSPS) is 17.0. The number of amides is 1. The average Bonchev–Trinajstić information content (AvgIpc) is 3.47. The lowest BCUT2D eigenvalue weighted by atomic mass is 10.0. The molecule has 3 N–H and O–H groups in total. The minimum absolute atomic E-state index is 0.188. The third kappa shape index (κ3) is 3.34. The number of aryl methyl sites for hydroxylation is 1. The Kier molecular flexibility index (Phi) is 5.09. The van der Waals surface area contributed by atoms with Gasteiger partial charge in [-0.25, -0.2) is 4.79 Å². The number of carbonyl (C=O) groups is 3. The van der Waals surface area contributed by atoms with Crippen LogP contribution in [0, 0.1) is 6.92 Å². The van der Waals surface area contributed by atoms with Crippen molar-refractivity contribution in [3.63, 3.8) is 0 Å². The van der Waals surface area contributed by atoms with Gasteiger partial charge >= 0.3 is 5.97 Å². The maximum atomic E-state index is 13.4. The van der Waals surface area contributed by atoms with Crippen LogP contribution in [0.5, 0.6) is 0 Å². The highest BCUT2D eigenvalue weighted by Crippen LogP contribution is 2.30. The average molecular weight is 512 g/mol. The number of likely N-dealkylation sites (tertiary alicyclic amines) is 1. The first kappa shape index (κ1) is 21.1. The number of benzene rings is 1. The molecule has 1 amide bonds. The molecule has 3 heterocycles. The second-order valence-electron chi connectivity index (χ2n) is 7.80. The van der Waals surface area contributed by atoms with E-state index in [0.717, 1.165) is 11.0 Å². The summed E-state index contributed by atoms with van der Waals surface area (Å²) in [6.45, 7) is 2.46.